The molecule has 0 saturated heterocycles. The minimum atomic E-state index is 0.350. The lowest BCUT2D eigenvalue weighted by Crippen LogP contribution is -2.34. The van der Waals surface area contributed by atoms with E-state index in [0.717, 1.165) is 24.7 Å². The van der Waals surface area contributed by atoms with E-state index in [1.807, 2.05) is 11.7 Å². The van der Waals surface area contributed by atoms with Gasteiger partial charge in [0, 0.05) is 25.3 Å². The van der Waals surface area contributed by atoms with E-state index in [-0.39, 0.29) is 0 Å². The summed E-state index contributed by atoms with van der Waals surface area (Å²) in [5, 5.41) is 8.10. The highest BCUT2D eigenvalue weighted by molar-refractivity contribution is 5.11. The van der Waals surface area contributed by atoms with E-state index in [4.69, 9.17) is 0 Å². The highest BCUT2D eigenvalue weighted by atomic mass is 15.3. The van der Waals surface area contributed by atoms with Crippen LogP contribution in [0.1, 0.15) is 44.5 Å². The van der Waals surface area contributed by atoms with Crippen LogP contribution in [0, 0.1) is 12.3 Å². The lowest BCUT2D eigenvalue weighted by atomic mass is 9.82. The molecular weight excluding hydrogens is 210 g/mol. The number of rotatable bonds is 6. The van der Waals surface area contributed by atoms with Crippen LogP contribution in [-0.4, -0.2) is 22.4 Å². The molecule has 1 atom stereocenters. The Balaban J connectivity index is 1.98. The molecule has 0 spiro atoms. The van der Waals surface area contributed by atoms with Crippen LogP contribution in [0.25, 0.3) is 0 Å². The third-order valence-corrected chi connectivity index (χ3v) is 3.96. The lowest BCUT2D eigenvalue weighted by Gasteiger charge is -2.28. The zero-order valence-corrected chi connectivity index (χ0v) is 11.6. The fraction of sp³-hybridized carbons (Fsp3) is 0.786. The Morgan fingerprint density at radius 2 is 2.24 bits per heavy atom. The molecule has 0 amide bonds. The molecule has 1 aromatic rings. The smallest absolute Gasteiger partial charge is 0.0596 e. The predicted octanol–water partition coefficient (Wildman–Crippen LogP) is 2.44. The fourth-order valence-corrected chi connectivity index (χ4v) is 2.26. The van der Waals surface area contributed by atoms with Crippen LogP contribution >= 0.6 is 0 Å². The van der Waals surface area contributed by atoms with Crippen molar-refractivity contribution >= 4 is 0 Å². The molecule has 1 aliphatic rings. The quantitative estimate of drug-likeness (QED) is 0.821. The second-order valence-corrected chi connectivity index (χ2v) is 5.90. The monoisotopic (exact) mass is 235 g/mol. The Bertz CT molecular complexity index is 379. The summed E-state index contributed by atoms with van der Waals surface area (Å²) in [6.07, 6.45) is 5.05. The number of nitrogens with zero attached hydrogens (tertiary/aromatic N) is 2. The first-order valence-electron chi connectivity index (χ1n) is 6.75. The summed E-state index contributed by atoms with van der Waals surface area (Å²) in [4.78, 5) is 0. The molecule has 1 aliphatic carbocycles. The van der Waals surface area contributed by atoms with Crippen LogP contribution in [0.2, 0.25) is 0 Å². The van der Waals surface area contributed by atoms with Crippen molar-refractivity contribution in [2.75, 3.05) is 6.54 Å². The highest BCUT2D eigenvalue weighted by Gasteiger charge is 2.28. The van der Waals surface area contributed by atoms with Gasteiger partial charge in [0.2, 0.25) is 0 Å². The molecule has 1 unspecified atom stereocenters. The Labute approximate surface area is 105 Å². The van der Waals surface area contributed by atoms with Gasteiger partial charge < -0.3 is 5.32 Å². The van der Waals surface area contributed by atoms with Crippen molar-refractivity contribution in [3.05, 3.63) is 17.5 Å². The van der Waals surface area contributed by atoms with Gasteiger partial charge in [0.15, 0.2) is 0 Å². The summed E-state index contributed by atoms with van der Waals surface area (Å²) >= 11 is 0. The first kappa shape index (κ1) is 12.6. The van der Waals surface area contributed by atoms with Crippen molar-refractivity contribution in [3.63, 3.8) is 0 Å². The molecular formula is C14H25N3. The van der Waals surface area contributed by atoms with Gasteiger partial charge >= 0.3 is 0 Å². The van der Waals surface area contributed by atoms with Gasteiger partial charge in [0.05, 0.1) is 5.69 Å². The second kappa shape index (κ2) is 4.81. The molecule has 1 heterocycles. The summed E-state index contributed by atoms with van der Waals surface area (Å²) in [6, 6.07) is 3.01. The molecule has 3 heteroatoms. The first-order chi connectivity index (χ1) is 8.02. The molecule has 1 N–H and O–H groups in total. The van der Waals surface area contributed by atoms with Crippen LogP contribution < -0.4 is 5.32 Å². The van der Waals surface area contributed by atoms with Crippen molar-refractivity contribution in [1.29, 1.82) is 0 Å². The molecule has 0 bridgehead atoms. The van der Waals surface area contributed by atoms with Crippen LogP contribution in [0.3, 0.4) is 0 Å². The molecule has 17 heavy (non-hydrogen) atoms. The van der Waals surface area contributed by atoms with Gasteiger partial charge in [-0.15, -0.1) is 0 Å². The Morgan fingerprint density at radius 3 is 2.71 bits per heavy atom. The molecule has 96 valence electrons. The number of aromatic nitrogens is 2. The Morgan fingerprint density at radius 1 is 1.53 bits per heavy atom. The third kappa shape index (κ3) is 3.32. The van der Waals surface area contributed by atoms with E-state index in [0.29, 0.717) is 5.41 Å². The maximum absolute atomic E-state index is 4.43. The van der Waals surface area contributed by atoms with Gasteiger partial charge in [0.25, 0.3) is 0 Å². The minimum Gasteiger partial charge on any atom is -0.313 e. The first-order valence-corrected chi connectivity index (χ1v) is 6.75. The minimum absolute atomic E-state index is 0.350. The summed E-state index contributed by atoms with van der Waals surface area (Å²) in [7, 11) is 2.05. The van der Waals surface area contributed by atoms with E-state index >= 15 is 0 Å². The number of aryl methyl sites for hydroxylation is 2. The van der Waals surface area contributed by atoms with E-state index in [1.165, 1.54) is 25.0 Å². The van der Waals surface area contributed by atoms with Crippen LogP contribution in [0.4, 0.5) is 0 Å². The average molecular weight is 235 g/mol. The van der Waals surface area contributed by atoms with Crippen molar-refractivity contribution in [2.45, 2.75) is 52.5 Å². The standard InChI is InChI=1S/C14H25N3/c1-5-14(3,10-15-12-6-7-12)9-13-8-11(2)16-17(13)4/h8,12,15H,5-7,9-10H2,1-4H3. The highest BCUT2D eigenvalue weighted by Crippen LogP contribution is 2.28. The van der Waals surface area contributed by atoms with Gasteiger partial charge in [-0.3, -0.25) is 4.68 Å². The lowest BCUT2D eigenvalue weighted by molar-refractivity contribution is 0.283. The third-order valence-electron chi connectivity index (χ3n) is 3.96. The summed E-state index contributed by atoms with van der Waals surface area (Å²) in [5.74, 6) is 0. The summed E-state index contributed by atoms with van der Waals surface area (Å²) in [6.45, 7) is 7.86. The van der Waals surface area contributed by atoms with Gasteiger partial charge in [-0.1, -0.05) is 13.8 Å². The summed E-state index contributed by atoms with van der Waals surface area (Å²) < 4.78 is 2.03. The Kier molecular flexibility index (Phi) is 3.57. The Hall–Kier alpha value is -0.830. The number of hydrogen-bond donors (Lipinski definition) is 1. The molecule has 0 radical (unpaired) electrons. The maximum atomic E-state index is 4.43. The van der Waals surface area contributed by atoms with Crippen molar-refractivity contribution in [1.82, 2.24) is 15.1 Å². The molecule has 2 rings (SSSR count). The van der Waals surface area contributed by atoms with E-state index in [9.17, 15) is 0 Å². The maximum Gasteiger partial charge on any atom is 0.0596 e. The van der Waals surface area contributed by atoms with Crippen LogP contribution in [0.5, 0.6) is 0 Å². The largest absolute Gasteiger partial charge is 0.313 e. The molecule has 3 nitrogen and oxygen atoms in total. The fourth-order valence-electron chi connectivity index (χ4n) is 2.26. The van der Waals surface area contributed by atoms with E-state index in [1.54, 1.807) is 0 Å². The molecule has 1 saturated carbocycles. The predicted molar refractivity (Wildman–Crippen MR) is 71.1 cm³/mol. The zero-order chi connectivity index (χ0) is 12.5. The number of nitrogens with one attached hydrogen (secondary N) is 1. The van der Waals surface area contributed by atoms with Gasteiger partial charge in [-0.25, -0.2) is 0 Å². The van der Waals surface area contributed by atoms with Crippen molar-refractivity contribution in [3.8, 4) is 0 Å². The van der Waals surface area contributed by atoms with Gasteiger partial charge in [0.1, 0.15) is 0 Å². The van der Waals surface area contributed by atoms with Gasteiger partial charge in [-0.05, 0) is 44.1 Å². The zero-order valence-electron chi connectivity index (χ0n) is 11.6. The van der Waals surface area contributed by atoms with Crippen molar-refractivity contribution < 1.29 is 0 Å². The molecule has 1 fully saturated rings. The summed E-state index contributed by atoms with van der Waals surface area (Å²) in [5.41, 5.74) is 2.82. The van der Waals surface area contributed by atoms with E-state index in [2.05, 4.69) is 37.3 Å². The molecule has 1 aromatic heterocycles. The topological polar surface area (TPSA) is 29.9 Å². The molecule has 0 aromatic carbocycles. The van der Waals surface area contributed by atoms with Crippen LogP contribution in [-0.2, 0) is 13.5 Å². The molecule has 0 aliphatic heterocycles. The van der Waals surface area contributed by atoms with Crippen LogP contribution in [0.15, 0.2) is 6.07 Å². The van der Waals surface area contributed by atoms with Gasteiger partial charge in [-0.2, -0.15) is 5.10 Å². The van der Waals surface area contributed by atoms with E-state index < -0.39 is 0 Å². The normalized spacial score (nSPS) is 19.3. The second-order valence-electron chi connectivity index (χ2n) is 5.90. The number of hydrogen-bond acceptors (Lipinski definition) is 2. The van der Waals surface area contributed by atoms with Crippen molar-refractivity contribution in [2.24, 2.45) is 12.5 Å². The average Bonchev–Trinajstić information content (AvgIpc) is 3.04. The SMILES string of the molecule is CCC(C)(CNC1CC1)Cc1cc(C)nn1C.